The van der Waals surface area contributed by atoms with Gasteiger partial charge in [0.25, 0.3) is 5.56 Å². The molecule has 5 N–H and O–H groups in total. The molecule has 1 aliphatic heterocycles. The van der Waals surface area contributed by atoms with Gasteiger partial charge in [-0.3, -0.25) is 23.7 Å². The van der Waals surface area contributed by atoms with E-state index in [1.165, 1.54) is 0 Å². The number of aldehydes is 1. The van der Waals surface area contributed by atoms with Crippen molar-refractivity contribution in [3.63, 3.8) is 0 Å². The minimum Gasteiger partial charge on any atom is -0.387 e. The second-order valence-corrected chi connectivity index (χ2v) is 5.94. The van der Waals surface area contributed by atoms with Gasteiger partial charge in [-0.1, -0.05) is 0 Å². The molecule has 0 bridgehead atoms. The zero-order chi connectivity index (χ0) is 17.4. The molecule has 13 heteroatoms. The third-order valence-corrected chi connectivity index (χ3v) is 3.63. The van der Waals surface area contributed by atoms with Gasteiger partial charge in [-0.05, 0) is 0 Å². The average molecular weight is 352 g/mol. The number of carbonyl (C=O) groups excluding carboxylic acids is 1. The highest BCUT2D eigenvalue weighted by Gasteiger charge is 2.45. The van der Waals surface area contributed by atoms with Gasteiger partial charge in [0.15, 0.2) is 12.5 Å². The first-order valence-electron chi connectivity index (χ1n) is 6.16. The molecule has 0 saturated carbocycles. The highest BCUT2D eigenvalue weighted by atomic mass is 31.2. The molecule has 0 unspecified atom stereocenters. The number of phosphoric acid groups is 1. The van der Waals surface area contributed by atoms with Crippen LogP contribution in [0.5, 0.6) is 0 Å². The van der Waals surface area contributed by atoms with Crippen molar-refractivity contribution < 1.29 is 38.6 Å². The van der Waals surface area contributed by atoms with Crippen LogP contribution in [0.15, 0.2) is 15.8 Å². The quantitative estimate of drug-likeness (QED) is 0.271. The van der Waals surface area contributed by atoms with E-state index in [4.69, 9.17) is 14.5 Å². The predicted octanol–water partition coefficient (Wildman–Crippen LogP) is -2.92. The Morgan fingerprint density at radius 2 is 2.00 bits per heavy atom. The average Bonchev–Trinajstić information content (AvgIpc) is 2.73. The van der Waals surface area contributed by atoms with Gasteiger partial charge < -0.3 is 24.7 Å². The first kappa shape index (κ1) is 17.7. The third-order valence-electron chi connectivity index (χ3n) is 3.14. The number of hydrogen-bond acceptors (Lipinski definition) is 8. The Balaban J connectivity index is 2.28. The first-order valence-corrected chi connectivity index (χ1v) is 7.69. The van der Waals surface area contributed by atoms with E-state index in [0.717, 1.165) is 6.20 Å². The Kier molecular flexibility index (Phi) is 4.96. The molecular formula is C10H13N2O10P. The van der Waals surface area contributed by atoms with E-state index >= 15 is 0 Å². The van der Waals surface area contributed by atoms with E-state index in [2.05, 4.69) is 4.52 Å². The lowest BCUT2D eigenvalue weighted by atomic mass is 10.1. The monoisotopic (exact) mass is 352 g/mol. The van der Waals surface area contributed by atoms with E-state index in [0.29, 0.717) is 4.57 Å². The van der Waals surface area contributed by atoms with Gasteiger partial charge in [-0.15, -0.1) is 0 Å². The molecule has 0 spiro atoms. The van der Waals surface area contributed by atoms with Crippen molar-refractivity contribution in [3.8, 4) is 0 Å². The SMILES string of the molecule is O=Cc1cn([C@@H]2O[C@H](COP(=O)(O)O)[C@@H](O)[C@H]2O)c(=O)[nH]c1=O. The van der Waals surface area contributed by atoms with E-state index in [-0.39, 0.29) is 6.29 Å². The second kappa shape index (κ2) is 6.45. The summed E-state index contributed by atoms with van der Waals surface area (Å²) in [6.07, 6.45) is -5.10. The van der Waals surface area contributed by atoms with Crippen LogP contribution in [0.4, 0.5) is 0 Å². The maximum atomic E-state index is 11.7. The number of aliphatic hydroxyl groups excluding tert-OH is 2. The summed E-state index contributed by atoms with van der Waals surface area (Å²) in [4.78, 5) is 52.8. The fraction of sp³-hybridized carbons (Fsp3) is 0.500. The zero-order valence-corrected chi connectivity index (χ0v) is 12.2. The molecule has 1 aliphatic rings. The molecule has 1 aromatic heterocycles. The van der Waals surface area contributed by atoms with Crippen molar-refractivity contribution >= 4 is 14.1 Å². The number of rotatable bonds is 5. The fourth-order valence-electron chi connectivity index (χ4n) is 2.04. The molecule has 128 valence electrons. The normalized spacial score (nSPS) is 28.0. The van der Waals surface area contributed by atoms with E-state index in [9.17, 15) is 29.2 Å². The van der Waals surface area contributed by atoms with E-state index in [1.807, 2.05) is 4.98 Å². The molecule has 23 heavy (non-hydrogen) atoms. The Hall–Kier alpha value is -1.66. The van der Waals surface area contributed by atoms with Crippen LogP contribution in [-0.4, -0.2) is 60.8 Å². The lowest BCUT2D eigenvalue weighted by Crippen LogP contribution is -2.38. The summed E-state index contributed by atoms with van der Waals surface area (Å²) in [6.45, 7) is -0.752. The summed E-state index contributed by atoms with van der Waals surface area (Å²) in [5, 5.41) is 19.7. The van der Waals surface area contributed by atoms with Crippen LogP contribution in [-0.2, 0) is 13.8 Å². The predicted molar refractivity (Wildman–Crippen MR) is 70.6 cm³/mol. The fourth-order valence-corrected chi connectivity index (χ4v) is 2.38. The van der Waals surface area contributed by atoms with Gasteiger partial charge in [0.05, 0.1) is 12.2 Å². The smallest absolute Gasteiger partial charge is 0.387 e. The number of ether oxygens (including phenoxy) is 1. The zero-order valence-electron chi connectivity index (χ0n) is 11.3. The molecule has 0 amide bonds. The van der Waals surface area contributed by atoms with Crippen molar-refractivity contribution in [1.82, 2.24) is 9.55 Å². The topological polar surface area (TPSA) is 188 Å². The van der Waals surface area contributed by atoms with Gasteiger partial charge >= 0.3 is 13.5 Å². The molecule has 0 aromatic carbocycles. The van der Waals surface area contributed by atoms with Crippen LogP contribution in [0, 0.1) is 0 Å². The molecule has 1 fully saturated rings. The Morgan fingerprint density at radius 3 is 2.57 bits per heavy atom. The Morgan fingerprint density at radius 1 is 1.35 bits per heavy atom. The minimum atomic E-state index is -4.82. The number of hydrogen-bond donors (Lipinski definition) is 5. The van der Waals surface area contributed by atoms with Crippen LogP contribution in [0.1, 0.15) is 16.6 Å². The lowest BCUT2D eigenvalue weighted by molar-refractivity contribution is -0.0543. The minimum absolute atomic E-state index is 0.181. The van der Waals surface area contributed by atoms with Crippen LogP contribution in [0.25, 0.3) is 0 Å². The van der Waals surface area contributed by atoms with Crippen LogP contribution < -0.4 is 11.2 Å². The van der Waals surface area contributed by atoms with Crippen molar-refractivity contribution in [2.45, 2.75) is 24.5 Å². The second-order valence-electron chi connectivity index (χ2n) is 4.70. The van der Waals surface area contributed by atoms with Crippen molar-refractivity contribution in [1.29, 1.82) is 0 Å². The number of aromatic nitrogens is 2. The molecule has 12 nitrogen and oxygen atoms in total. The highest BCUT2D eigenvalue weighted by molar-refractivity contribution is 7.46. The van der Waals surface area contributed by atoms with Crippen LogP contribution >= 0.6 is 7.82 Å². The standard InChI is InChI=1S/C10H13N2O10P/c13-2-4-1-12(10(17)11-8(4)16)9-7(15)6(14)5(22-9)3-21-23(18,19)20/h1-2,5-7,9,14-15H,3H2,(H,11,16,17)(H2,18,19,20)/t5-,6-,7-,9-/m1/s1. The van der Waals surface area contributed by atoms with Crippen LogP contribution in [0.2, 0.25) is 0 Å². The van der Waals surface area contributed by atoms with Crippen molar-refractivity contribution in [2.75, 3.05) is 6.61 Å². The molecule has 1 aromatic rings. The third kappa shape index (κ3) is 3.82. The van der Waals surface area contributed by atoms with E-state index in [1.54, 1.807) is 0 Å². The summed E-state index contributed by atoms with van der Waals surface area (Å²) in [5.74, 6) is 0. The number of carbonyl (C=O) groups is 1. The molecule has 2 heterocycles. The van der Waals surface area contributed by atoms with Gasteiger partial charge in [0.1, 0.15) is 18.3 Å². The Bertz CT molecular complexity index is 751. The van der Waals surface area contributed by atoms with Crippen LogP contribution in [0.3, 0.4) is 0 Å². The molecule has 4 atom stereocenters. The highest BCUT2D eigenvalue weighted by Crippen LogP contribution is 2.38. The maximum absolute atomic E-state index is 11.7. The Labute approximate surface area is 127 Å². The van der Waals surface area contributed by atoms with Gasteiger partial charge in [0, 0.05) is 6.20 Å². The van der Waals surface area contributed by atoms with Crippen molar-refractivity contribution in [2.24, 2.45) is 0 Å². The number of nitrogens with zero attached hydrogens (tertiary/aromatic N) is 1. The number of H-pyrrole nitrogens is 1. The molecular weight excluding hydrogens is 339 g/mol. The molecule has 1 saturated heterocycles. The summed E-state index contributed by atoms with van der Waals surface area (Å²) >= 11 is 0. The van der Waals surface area contributed by atoms with Gasteiger partial charge in [-0.2, -0.15) is 0 Å². The summed E-state index contributed by atoms with van der Waals surface area (Å²) in [7, 11) is -4.82. The molecule has 0 aliphatic carbocycles. The summed E-state index contributed by atoms with van der Waals surface area (Å²) in [5.41, 5.74) is -2.35. The lowest BCUT2D eigenvalue weighted by Gasteiger charge is -2.17. The number of aromatic amines is 1. The summed E-state index contributed by atoms with van der Waals surface area (Å²) in [6, 6.07) is 0. The summed E-state index contributed by atoms with van der Waals surface area (Å²) < 4.78 is 20.6. The maximum Gasteiger partial charge on any atom is 0.469 e. The number of phosphoric ester groups is 1. The van der Waals surface area contributed by atoms with Gasteiger partial charge in [0.2, 0.25) is 0 Å². The molecule has 2 rings (SSSR count). The largest absolute Gasteiger partial charge is 0.469 e. The first-order chi connectivity index (χ1) is 10.6. The van der Waals surface area contributed by atoms with E-state index < -0.39 is 55.8 Å². The van der Waals surface area contributed by atoms with Crippen molar-refractivity contribution in [3.05, 3.63) is 32.6 Å². The number of nitrogens with one attached hydrogen (secondary N) is 1. The number of aliphatic hydroxyl groups is 2. The van der Waals surface area contributed by atoms with Gasteiger partial charge in [-0.25, -0.2) is 9.36 Å². The molecule has 0 radical (unpaired) electrons.